The van der Waals surface area contributed by atoms with Crippen LogP contribution in [0.5, 0.6) is 11.5 Å². The third kappa shape index (κ3) is 5.58. The summed E-state index contributed by atoms with van der Waals surface area (Å²) < 4.78 is 12.7. The Kier molecular flexibility index (Phi) is 7.58. The maximum absolute atomic E-state index is 13.0. The van der Waals surface area contributed by atoms with Gasteiger partial charge in [0.05, 0.1) is 12.8 Å². The molecule has 1 aliphatic heterocycles. The molecule has 1 saturated heterocycles. The molecule has 0 aromatic heterocycles. The SMILES string of the molecule is C=CCc1cc(/C=C2/NC(=O)N(c3cccc(Cl)c3)C2=O)cc(OC)c1OCc1ccc(Br)cc1. The van der Waals surface area contributed by atoms with Crippen molar-refractivity contribution in [2.24, 2.45) is 0 Å². The lowest BCUT2D eigenvalue weighted by Crippen LogP contribution is -2.30. The summed E-state index contributed by atoms with van der Waals surface area (Å²) in [7, 11) is 1.56. The molecule has 3 amide bonds. The van der Waals surface area contributed by atoms with E-state index in [1.807, 2.05) is 30.3 Å². The van der Waals surface area contributed by atoms with Crippen LogP contribution in [0.1, 0.15) is 16.7 Å². The van der Waals surface area contributed by atoms with Gasteiger partial charge in [0.2, 0.25) is 0 Å². The van der Waals surface area contributed by atoms with Crippen LogP contribution in [0.3, 0.4) is 0 Å². The molecule has 35 heavy (non-hydrogen) atoms. The predicted octanol–water partition coefficient (Wildman–Crippen LogP) is 6.52. The highest BCUT2D eigenvalue weighted by Gasteiger charge is 2.35. The molecular formula is C27H22BrClN2O4. The van der Waals surface area contributed by atoms with E-state index in [4.69, 9.17) is 21.1 Å². The van der Waals surface area contributed by atoms with E-state index < -0.39 is 11.9 Å². The van der Waals surface area contributed by atoms with Crippen LogP contribution in [0.2, 0.25) is 5.02 Å². The van der Waals surface area contributed by atoms with Crippen molar-refractivity contribution in [3.63, 3.8) is 0 Å². The molecule has 0 radical (unpaired) electrons. The van der Waals surface area contributed by atoms with Crippen LogP contribution >= 0.6 is 27.5 Å². The molecule has 0 bridgehead atoms. The number of carbonyl (C=O) groups excluding carboxylic acids is 2. The highest BCUT2D eigenvalue weighted by atomic mass is 79.9. The number of imide groups is 1. The molecule has 6 nitrogen and oxygen atoms in total. The normalized spacial score (nSPS) is 14.3. The van der Waals surface area contributed by atoms with Crippen LogP contribution in [0.25, 0.3) is 6.08 Å². The maximum atomic E-state index is 13.0. The summed E-state index contributed by atoms with van der Waals surface area (Å²) in [6.45, 7) is 4.20. The number of amides is 3. The first-order valence-corrected chi connectivity index (χ1v) is 11.9. The zero-order valence-corrected chi connectivity index (χ0v) is 21.2. The fourth-order valence-corrected chi connectivity index (χ4v) is 4.13. The molecule has 1 fully saturated rings. The fraction of sp³-hybridized carbons (Fsp3) is 0.111. The van der Waals surface area contributed by atoms with Gasteiger partial charge < -0.3 is 14.8 Å². The smallest absolute Gasteiger partial charge is 0.333 e. The Morgan fingerprint density at radius 3 is 2.57 bits per heavy atom. The van der Waals surface area contributed by atoms with Gasteiger partial charge in [0.15, 0.2) is 11.5 Å². The molecule has 1 N–H and O–H groups in total. The number of hydrogen-bond acceptors (Lipinski definition) is 4. The number of anilines is 1. The summed E-state index contributed by atoms with van der Waals surface area (Å²) in [5, 5.41) is 3.06. The number of benzene rings is 3. The number of nitrogens with one attached hydrogen (secondary N) is 1. The Hall–Kier alpha value is -3.55. The Labute approximate surface area is 216 Å². The van der Waals surface area contributed by atoms with Crippen molar-refractivity contribution in [3.8, 4) is 11.5 Å². The highest BCUT2D eigenvalue weighted by molar-refractivity contribution is 9.10. The molecule has 3 aromatic rings. The topological polar surface area (TPSA) is 67.9 Å². The second kappa shape index (κ2) is 10.8. The molecule has 1 aliphatic rings. The molecule has 3 aromatic carbocycles. The van der Waals surface area contributed by atoms with Crippen molar-refractivity contribution in [1.29, 1.82) is 0 Å². The van der Waals surface area contributed by atoms with E-state index in [0.29, 0.717) is 40.8 Å². The maximum Gasteiger partial charge on any atom is 0.333 e. The highest BCUT2D eigenvalue weighted by Crippen LogP contribution is 2.35. The van der Waals surface area contributed by atoms with Crippen LogP contribution in [-0.2, 0) is 17.8 Å². The van der Waals surface area contributed by atoms with Gasteiger partial charge in [-0.1, -0.05) is 51.8 Å². The van der Waals surface area contributed by atoms with Crippen LogP contribution < -0.4 is 19.7 Å². The van der Waals surface area contributed by atoms with Crippen LogP contribution in [0.15, 0.2) is 83.5 Å². The minimum Gasteiger partial charge on any atom is -0.493 e. The molecule has 0 saturated carbocycles. The minimum absolute atomic E-state index is 0.144. The average molecular weight is 554 g/mol. The number of halogens is 2. The molecule has 8 heteroatoms. The summed E-state index contributed by atoms with van der Waals surface area (Å²) in [5.41, 5.74) is 3.06. The largest absolute Gasteiger partial charge is 0.493 e. The first-order valence-electron chi connectivity index (χ1n) is 10.7. The van der Waals surface area contributed by atoms with Crippen molar-refractivity contribution in [3.05, 3.63) is 105 Å². The average Bonchev–Trinajstić information content (AvgIpc) is 3.11. The fourth-order valence-electron chi connectivity index (χ4n) is 3.68. The first-order chi connectivity index (χ1) is 16.9. The lowest BCUT2D eigenvalue weighted by Gasteiger charge is -2.16. The summed E-state index contributed by atoms with van der Waals surface area (Å²) in [4.78, 5) is 26.6. The third-order valence-corrected chi connectivity index (χ3v) is 6.05. The van der Waals surface area contributed by atoms with Crippen molar-refractivity contribution in [1.82, 2.24) is 5.32 Å². The van der Waals surface area contributed by atoms with Gasteiger partial charge in [0, 0.05) is 15.1 Å². The minimum atomic E-state index is -0.545. The molecule has 0 unspecified atom stereocenters. The van der Waals surface area contributed by atoms with Crippen molar-refractivity contribution in [2.45, 2.75) is 13.0 Å². The number of nitrogens with zero attached hydrogens (tertiary/aromatic N) is 1. The zero-order valence-electron chi connectivity index (χ0n) is 18.9. The van der Waals surface area contributed by atoms with E-state index in [2.05, 4.69) is 27.8 Å². The van der Waals surface area contributed by atoms with E-state index in [1.165, 1.54) is 0 Å². The number of rotatable bonds is 8. The quantitative estimate of drug-likeness (QED) is 0.196. The van der Waals surface area contributed by atoms with Crippen LogP contribution in [0.4, 0.5) is 10.5 Å². The van der Waals surface area contributed by atoms with E-state index in [-0.39, 0.29) is 5.70 Å². The van der Waals surface area contributed by atoms with Gasteiger partial charge in [-0.25, -0.2) is 9.69 Å². The van der Waals surface area contributed by atoms with Gasteiger partial charge in [0.1, 0.15) is 12.3 Å². The van der Waals surface area contributed by atoms with E-state index >= 15 is 0 Å². The standard InChI is InChI=1S/C27H22BrClN2O4/c1-3-5-19-12-18(14-24(34-2)25(19)35-16-17-8-10-20(28)11-9-17)13-23-26(32)31(27(33)30-23)22-7-4-6-21(29)15-22/h3-4,6-15H,1,5,16H2,2H3,(H,30,33)/b23-13+. The van der Waals surface area contributed by atoms with Gasteiger partial charge in [-0.05, 0) is 66.1 Å². The van der Waals surface area contributed by atoms with Gasteiger partial charge in [-0.3, -0.25) is 4.79 Å². The van der Waals surface area contributed by atoms with Crippen molar-refractivity contribution >= 4 is 51.2 Å². The van der Waals surface area contributed by atoms with E-state index in [0.717, 1.165) is 20.5 Å². The molecule has 0 atom stereocenters. The molecule has 0 spiro atoms. The van der Waals surface area contributed by atoms with Gasteiger partial charge in [-0.15, -0.1) is 6.58 Å². The van der Waals surface area contributed by atoms with Crippen LogP contribution in [0, 0.1) is 0 Å². The van der Waals surface area contributed by atoms with Gasteiger partial charge in [-0.2, -0.15) is 0 Å². The molecule has 4 rings (SSSR count). The number of urea groups is 1. The monoisotopic (exact) mass is 552 g/mol. The number of carbonyl (C=O) groups is 2. The van der Waals surface area contributed by atoms with Gasteiger partial charge >= 0.3 is 6.03 Å². The zero-order chi connectivity index (χ0) is 24.9. The number of hydrogen-bond donors (Lipinski definition) is 1. The lowest BCUT2D eigenvalue weighted by molar-refractivity contribution is -0.113. The Morgan fingerprint density at radius 2 is 1.89 bits per heavy atom. The first kappa shape index (κ1) is 24.6. The number of ether oxygens (including phenoxy) is 2. The number of methoxy groups -OCH3 is 1. The number of allylic oxidation sites excluding steroid dienone is 1. The predicted molar refractivity (Wildman–Crippen MR) is 141 cm³/mol. The van der Waals surface area contributed by atoms with E-state index in [1.54, 1.807) is 49.6 Å². The summed E-state index contributed by atoms with van der Waals surface area (Å²) >= 11 is 9.46. The second-order valence-corrected chi connectivity index (χ2v) is 9.08. The third-order valence-electron chi connectivity index (χ3n) is 5.29. The van der Waals surface area contributed by atoms with Crippen molar-refractivity contribution < 1.29 is 19.1 Å². The van der Waals surface area contributed by atoms with Crippen LogP contribution in [-0.4, -0.2) is 19.0 Å². The molecule has 178 valence electrons. The van der Waals surface area contributed by atoms with Gasteiger partial charge in [0.25, 0.3) is 5.91 Å². The second-order valence-electron chi connectivity index (χ2n) is 7.73. The Bertz CT molecular complexity index is 1320. The van der Waals surface area contributed by atoms with Crippen molar-refractivity contribution in [2.75, 3.05) is 12.0 Å². The Balaban J connectivity index is 1.64. The summed E-state index contributed by atoms with van der Waals surface area (Å²) in [6, 6.07) is 17.5. The lowest BCUT2D eigenvalue weighted by atomic mass is 10.0. The molecule has 0 aliphatic carbocycles. The molecular weight excluding hydrogens is 532 g/mol. The molecule has 1 heterocycles. The summed E-state index contributed by atoms with van der Waals surface area (Å²) in [5.74, 6) is 0.633. The summed E-state index contributed by atoms with van der Waals surface area (Å²) in [6.07, 6.45) is 3.90. The van der Waals surface area contributed by atoms with E-state index in [9.17, 15) is 9.59 Å². The Morgan fingerprint density at radius 1 is 1.11 bits per heavy atom.